The molecular formula is C15H23NO6. The van der Waals surface area contributed by atoms with Crippen LogP contribution in [0.5, 0.6) is 0 Å². The van der Waals surface area contributed by atoms with E-state index < -0.39 is 12.1 Å². The van der Waals surface area contributed by atoms with Crippen molar-refractivity contribution in [3.63, 3.8) is 0 Å². The van der Waals surface area contributed by atoms with Crippen LogP contribution in [0.1, 0.15) is 5.56 Å². The van der Waals surface area contributed by atoms with E-state index in [2.05, 4.69) is 19.5 Å². The molecule has 0 unspecified atom stereocenters. The molecule has 0 aliphatic rings. The van der Waals surface area contributed by atoms with Crippen LogP contribution in [0, 0.1) is 0 Å². The number of nitrogens with one attached hydrogen (secondary N) is 1. The zero-order valence-electron chi connectivity index (χ0n) is 13.2. The largest absolute Gasteiger partial charge is 0.468 e. The first-order valence-electron chi connectivity index (χ1n) is 6.63. The van der Waals surface area contributed by atoms with E-state index in [1.165, 1.54) is 7.11 Å². The minimum atomic E-state index is -0.644. The molecule has 0 bridgehead atoms. The maximum absolute atomic E-state index is 11.1. The first kappa shape index (κ1) is 19.9. The van der Waals surface area contributed by atoms with Gasteiger partial charge in [0.05, 0.1) is 20.3 Å². The summed E-state index contributed by atoms with van der Waals surface area (Å²) in [5.41, 5.74) is 0.885. The molecule has 0 fully saturated rings. The Bertz CT molecular complexity index is 406. The van der Waals surface area contributed by atoms with E-state index >= 15 is 0 Å². The van der Waals surface area contributed by atoms with Crippen LogP contribution < -0.4 is 5.32 Å². The van der Waals surface area contributed by atoms with Gasteiger partial charge in [0.2, 0.25) is 0 Å². The van der Waals surface area contributed by atoms with E-state index in [0.29, 0.717) is 13.2 Å². The number of benzene rings is 1. The van der Waals surface area contributed by atoms with Gasteiger partial charge in [-0.1, -0.05) is 30.3 Å². The van der Waals surface area contributed by atoms with Gasteiger partial charge in [-0.05, 0) is 5.56 Å². The third-order valence-electron chi connectivity index (χ3n) is 2.31. The van der Waals surface area contributed by atoms with E-state index in [9.17, 15) is 9.59 Å². The van der Waals surface area contributed by atoms with Gasteiger partial charge in [-0.15, -0.1) is 0 Å². The van der Waals surface area contributed by atoms with Crippen LogP contribution in [-0.2, 0) is 30.3 Å². The number of alkyl carbamates (subject to hydrolysis) is 1. The minimum Gasteiger partial charge on any atom is -0.468 e. The average Bonchev–Trinajstić information content (AvgIpc) is 2.57. The number of hydrogen-bond donors (Lipinski definition) is 1. The highest BCUT2D eigenvalue weighted by atomic mass is 16.6. The van der Waals surface area contributed by atoms with Crippen LogP contribution in [0.15, 0.2) is 30.3 Å². The molecule has 1 rings (SSSR count). The molecule has 0 atom stereocenters. The van der Waals surface area contributed by atoms with Crippen LogP contribution in [-0.4, -0.2) is 53.2 Å². The molecule has 7 heteroatoms. The number of rotatable bonds is 7. The second-order valence-corrected chi connectivity index (χ2v) is 3.98. The topological polar surface area (TPSA) is 83.1 Å². The van der Waals surface area contributed by atoms with E-state index in [1.807, 2.05) is 30.3 Å². The molecule has 0 saturated heterocycles. The molecule has 0 aliphatic heterocycles. The third kappa shape index (κ3) is 11.7. The molecule has 124 valence electrons. The second kappa shape index (κ2) is 13.8. The molecule has 1 amide bonds. The molecule has 22 heavy (non-hydrogen) atoms. The van der Waals surface area contributed by atoms with Crippen molar-refractivity contribution < 1.29 is 28.5 Å². The van der Waals surface area contributed by atoms with E-state index in [4.69, 9.17) is 4.74 Å². The quantitative estimate of drug-likeness (QED) is 0.604. The molecular weight excluding hydrogens is 290 g/mol. The highest BCUT2D eigenvalue weighted by Crippen LogP contribution is 2.00. The number of esters is 1. The van der Waals surface area contributed by atoms with Crippen molar-refractivity contribution in [3.05, 3.63) is 35.9 Å². The normalized spacial score (nSPS) is 9.23. The van der Waals surface area contributed by atoms with Crippen LogP contribution in [0.4, 0.5) is 4.79 Å². The predicted molar refractivity (Wildman–Crippen MR) is 80.4 cm³/mol. The lowest BCUT2D eigenvalue weighted by Gasteiger charge is -2.05. The lowest BCUT2D eigenvalue weighted by Crippen LogP contribution is -2.30. The molecule has 7 nitrogen and oxygen atoms in total. The van der Waals surface area contributed by atoms with Gasteiger partial charge in [-0.3, -0.25) is 4.79 Å². The zero-order valence-corrected chi connectivity index (χ0v) is 13.2. The van der Waals surface area contributed by atoms with Crippen LogP contribution in [0.25, 0.3) is 0 Å². The Kier molecular flexibility index (Phi) is 12.5. The van der Waals surface area contributed by atoms with Crippen LogP contribution in [0.2, 0.25) is 0 Å². The fourth-order valence-electron chi connectivity index (χ4n) is 1.16. The van der Waals surface area contributed by atoms with Crippen molar-refractivity contribution in [2.75, 3.05) is 41.1 Å². The summed E-state index contributed by atoms with van der Waals surface area (Å²) >= 11 is 0. The first-order valence-corrected chi connectivity index (χ1v) is 6.63. The van der Waals surface area contributed by atoms with Crippen LogP contribution in [0.3, 0.4) is 0 Å². The summed E-state index contributed by atoms with van der Waals surface area (Å²) in [5.74, 6) is -0.517. The van der Waals surface area contributed by atoms with Gasteiger partial charge in [0.15, 0.2) is 0 Å². The van der Waals surface area contributed by atoms with Gasteiger partial charge in [0, 0.05) is 14.2 Å². The highest BCUT2D eigenvalue weighted by molar-refractivity contribution is 5.77. The number of methoxy groups -OCH3 is 3. The van der Waals surface area contributed by atoms with Gasteiger partial charge in [-0.2, -0.15) is 0 Å². The molecule has 1 aromatic carbocycles. The van der Waals surface area contributed by atoms with Gasteiger partial charge in [-0.25, -0.2) is 4.79 Å². The molecule has 0 radical (unpaired) electrons. The number of amides is 1. The van der Waals surface area contributed by atoms with Crippen LogP contribution >= 0.6 is 0 Å². The number of carbonyl (C=O) groups excluding carboxylic acids is 2. The Morgan fingerprint density at radius 3 is 2.09 bits per heavy atom. The Balaban J connectivity index is 0.000000626. The van der Waals surface area contributed by atoms with E-state index in [1.54, 1.807) is 14.2 Å². The first-order chi connectivity index (χ1) is 10.6. The van der Waals surface area contributed by atoms with Crippen molar-refractivity contribution in [2.24, 2.45) is 0 Å². The Morgan fingerprint density at radius 1 is 1.00 bits per heavy atom. The highest BCUT2D eigenvalue weighted by Gasteiger charge is 2.05. The van der Waals surface area contributed by atoms with Crippen molar-refractivity contribution in [1.29, 1.82) is 0 Å². The summed E-state index contributed by atoms with van der Waals surface area (Å²) in [6.45, 7) is 1.37. The van der Waals surface area contributed by atoms with Crippen molar-refractivity contribution in [3.8, 4) is 0 Å². The molecule has 0 heterocycles. The summed E-state index contributed by atoms with van der Waals surface area (Å²) in [6.07, 6.45) is -0.644. The third-order valence-corrected chi connectivity index (χ3v) is 2.31. The monoisotopic (exact) mass is 313 g/mol. The summed E-state index contributed by atoms with van der Waals surface area (Å²) < 4.78 is 18.5. The van der Waals surface area contributed by atoms with Gasteiger partial charge in [0.1, 0.15) is 13.2 Å². The summed E-state index contributed by atoms with van der Waals surface area (Å²) in [7, 11) is 4.55. The maximum atomic E-state index is 11.1. The Hall–Kier alpha value is -2.12. The summed E-state index contributed by atoms with van der Waals surface area (Å²) in [6, 6.07) is 9.26. The molecule has 0 aliphatic carbocycles. The summed E-state index contributed by atoms with van der Waals surface area (Å²) in [5, 5.41) is 2.27. The molecule has 0 aromatic heterocycles. The molecule has 1 N–H and O–H groups in total. The lowest BCUT2D eigenvalue weighted by atomic mass is 10.2. The SMILES string of the molecule is COC(=O)CNC(=O)OCc1ccccc1.COCCOC. The lowest BCUT2D eigenvalue weighted by molar-refractivity contribution is -0.139. The molecule has 0 saturated carbocycles. The van der Waals surface area contributed by atoms with Crippen molar-refractivity contribution in [1.82, 2.24) is 5.32 Å². The zero-order chi connectivity index (χ0) is 16.6. The number of ether oxygens (including phenoxy) is 4. The number of hydrogen-bond acceptors (Lipinski definition) is 6. The molecule has 0 spiro atoms. The average molecular weight is 313 g/mol. The number of carbonyl (C=O) groups is 2. The summed E-state index contributed by atoms with van der Waals surface area (Å²) in [4.78, 5) is 21.8. The van der Waals surface area contributed by atoms with Gasteiger partial charge < -0.3 is 24.3 Å². The van der Waals surface area contributed by atoms with Gasteiger partial charge in [0.25, 0.3) is 0 Å². The van der Waals surface area contributed by atoms with E-state index in [0.717, 1.165) is 5.56 Å². The maximum Gasteiger partial charge on any atom is 0.407 e. The van der Waals surface area contributed by atoms with Gasteiger partial charge >= 0.3 is 12.1 Å². The predicted octanol–water partition coefficient (Wildman–Crippen LogP) is 1.36. The second-order valence-electron chi connectivity index (χ2n) is 3.98. The van der Waals surface area contributed by atoms with E-state index in [-0.39, 0.29) is 13.2 Å². The van der Waals surface area contributed by atoms with Crippen molar-refractivity contribution >= 4 is 12.1 Å². The molecule has 1 aromatic rings. The smallest absolute Gasteiger partial charge is 0.407 e. The standard InChI is InChI=1S/C11H13NO4.C4H10O2/c1-15-10(13)7-12-11(14)16-8-9-5-3-2-4-6-9;1-5-3-4-6-2/h2-6H,7-8H2,1H3,(H,12,14);3-4H2,1-2H3. The Labute approximate surface area is 130 Å². The fraction of sp³-hybridized carbons (Fsp3) is 0.467. The fourth-order valence-corrected chi connectivity index (χ4v) is 1.16. The van der Waals surface area contributed by atoms with Crippen molar-refractivity contribution in [2.45, 2.75) is 6.61 Å². The minimum absolute atomic E-state index is 0.174. The Morgan fingerprint density at radius 2 is 1.59 bits per heavy atom.